The summed E-state index contributed by atoms with van der Waals surface area (Å²) in [7, 11) is 0. The molecule has 0 spiro atoms. The molecule has 0 aliphatic carbocycles. The Kier molecular flexibility index (Phi) is 4.94. The number of amides is 1. The van der Waals surface area contributed by atoms with Crippen LogP contribution in [-0.4, -0.2) is 10.9 Å². The second kappa shape index (κ2) is 6.95. The van der Waals surface area contributed by atoms with Gasteiger partial charge < -0.3 is 0 Å². The number of nitrogens with one attached hydrogen (secondary N) is 1. The van der Waals surface area contributed by atoms with E-state index in [0.717, 1.165) is 25.1 Å². The minimum Gasteiger partial charge on any atom is -0.298 e. The lowest BCUT2D eigenvalue weighted by Crippen LogP contribution is -2.11. The van der Waals surface area contributed by atoms with Gasteiger partial charge in [-0.2, -0.15) is 0 Å². The SMILES string of the molecule is Cc1sc(NC(=O)c2ccc(Br)cc2)nc1-c1ccc(Br)cc1. The lowest BCUT2D eigenvalue weighted by molar-refractivity contribution is 0.102. The van der Waals surface area contributed by atoms with Crippen molar-refractivity contribution in [2.24, 2.45) is 0 Å². The molecular weight excluding hydrogens is 440 g/mol. The molecule has 3 rings (SSSR count). The molecule has 0 unspecified atom stereocenters. The lowest BCUT2D eigenvalue weighted by atomic mass is 10.1. The zero-order valence-corrected chi connectivity index (χ0v) is 16.1. The normalized spacial score (nSPS) is 10.6. The number of aromatic nitrogens is 1. The van der Waals surface area contributed by atoms with E-state index in [1.54, 1.807) is 12.1 Å². The number of carbonyl (C=O) groups is 1. The van der Waals surface area contributed by atoms with Crippen LogP contribution in [0.1, 0.15) is 15.2 Å². The van der Waals surface area contributed by atoms with Crippen molar-refractivity contribution < 1.29 is 4.79 Å². The van der Waals surface area contributed by atoms with Crippen molar-refractivity contribution in [2.45, 2.75) is 6.92 Å². The Labute approximate surface area is 155 Å². The van der Waals surface area contributed by atoms with E-state index in [4.69, 9.17) is 0 Å². The van der Waals surface area contributed by atoms with Gasteiger partial charge in [0.2, 0.25) is 0 Å². The highest BCUT2D eigenvalue weighted by atomic mass is 79.9. The fraction of sp³-hybridized carbons (Fsp3) is 0.0588. The van der Waals surface area contributed by atoms with E-state index in [1.165, 1.54) is 11.3 Å². The molecule has 3 aromatic rings. The molecule has 0 saturated heterocycles. The van der Waals surface area contributed by atoms with Crippen molar-refractivity contribution in [3.05, 3.63) is 67.9 Å². The van der Waals surface area contributed by atoms with Gasteiger partial charge in [-0.3, -0.25) is 10.1 Å². The number of rotatable bonds is 3. The number of benzene rings is 2. The number of hydrogen-bond donors (Lipinski definition) is 1. The fourth-order valence-electron chi connectivity index (χ4n) is 2.10. The summed E-state index contributed by atoms with van der Waals surface area (Å²) in [4.78, 5) is 17.9. The topological polar surface area (TPSA) is 42.0 Å². The van der Waals surface area contributed by atoms with Crippen LogP contribution in [0, 0.1) is 6.92 Å². The maximum absolute atomic E-state index is 12.3. The summed E-state index contributed by atoms with van der Waals surface area (Å²) in [6, 6.07) is 15.2. The first kappa shape index (κ1) is 16.4. The van der Waals surface area contributed by atoms with Gasteiger partial charge in [-0.15, -0.1) is 11.3 Å². The predicted molar refractivity (Wildman–Crippen MR) is 102 cm³/mol. The number of nitrogens with zero attached hydrogens (tertiary/aromatic N) is 1. The van der Waals surface area contributed by atoms with Crippen LogP contribution in [0.3, 0.4) is 0 Å². The molecule has 0 aliphatic rings. The summed E-state index contributed by atoms with van der Waals surface area (Å²) in [6.07, 6.45) is 0. The third-order valence-corrected chi connectivity index (χ3v) is 5.18. The van der Waals surface area contributed by atoms with Gasteiger partial charge in [-0.25, -0.2) is 4.98 Å². The van der Waals surface area contributed by atoms with E-state index in [2.05, 4.69) is 42.2 Å². The number of hydrogen-bond acceptors (Lipinski definition) is 3. The molecule has 1 N–H and O–H groups in total. The predicted octanol–water partition coefficient (Wildman–Crippen LogP) is 5.90. The van der Waals surface area contributed by atoms with Crippen molar-refractivity contribution in [1.29, 1.82) is 0 Å². The molecule has 0 atom stereocenters. The van der Waals surface area contributed by atoms with Crippen LogP contribution in [-0.2, 0) is 0 Å². The van der Waals surface area contributed by atoms with Gasteiger partial charge in [0.25, 0.3) is 5.91 Å². The maximum atomic E-state index is 12.3. The van der Waals surface area contributed by atoms with Crippen LogP contribution in [0.4, 0.5) is 5.13 Å². The van der Waals surface area contributed by atoms with Crippen molar-refractivity contribution in [2.75, 3.05) is 5.32 Å². The zero-order valence-electron chi connectivity index (χ0n) is 12.1. The number of halogens is 2. The molecule has 3 nitrogen and oxygen atoms in total. The Morgan fingerprint density at radius 3 is 2.17 bits per heavy atom. The number of anilines is 1. The van der Waals surface area contributed by atoms with Gasteiger partial charge in [-0.05, 0) is 43.3 Å². The quantitative estimate of drug-likeness (QED) is 0.538. The first-order chi connectivity index (χ1) is 11.0. The van der Waals surface area contributed by atoms with E-state index in [0.29, 0.717) is 10.7 Å². The second-order valence-corrected chi connectivity index (χ2v) is 7.93. The molecule has 23 heavy (non-hydrogen) atoms. The van der Waals surface area contributed by atoms with E-state index >= 15 is 0 Å². The molecule has 0 radical (unpaired) electrons. The first-order valence-electron chi connectivity index (χ1n) is 6.83. The average molecular weight is 452 g/mol. The van der Waals surface area contributed by atoms with Crippen LogP contribution in [0.15, 0.2) is 57.5 Å². The van der Waals surface area contributed by atoms with E-state index in [1.807, 2.05) is 43.3 Å². The molecule has 0 fully saturated rings. The van der Waals surface area contributed by atoms with Crippen LogP contribution in [0.2, 0.25) is 0 Å². The van der Waals surface area contributed by atoms with Gasteiger partial charge in [0.1, 0.15) is 0 Å². The van der Waals surface area contributed by atoms with E-state index in [9.17, 15) is 4.79 Å². The van der Waals surface area contributed by atoms with Gasteiger partial charge in [-0.1, -0.05) is 44.0 Å². The molecule has 1 amide bonds. The molecule has 6 heteroatoms. The highest BCUT2D eigenvalue weighted by molar-refractivity contribution is 9.10. The molecule has 1 heterocycles. The Bertz CT molecular complexity index is 842. The van der Waals surface area contributed by atoms with Crippen molar-refractivity contribution in [1.82, 2.24) is 4.98 Å². The summed E-state index contributed by atoms with van der Waals surface area (Å²) in [5, 5.41) is 3.47. The van der Waals surface area contributed by atoms with Crippen LogP contribution < -0.4 is 5.32 Å². The third-order valence-electron chi connectivity index (χ3n) is 3.24. The standard InChI is InChI=1S/C17H12Br2N2OS/c1-10-15(11-2-6-13(18)7-3-11)20-17(23-10)21-16(22)12-4-8-14(19)9-5-12/h2-9H,1H3,(H,20,21,22). The van der Waals surface area contributed by atoms with Crippen LogP contribution in [0.25, 0.3) is 11.3 Å². The average Bonchev–Trinajstić information content (AvgIpc) is 2.89. The largest absolute Gasteiger partial charge is 0.298 e. The summed E-state index contributed by atoms with van der Waals surface area (Å²) >= 11 is 8.26. The zero-order chi connectivity index (χ0) is 16.4. The van der Waals surface area contributed by atoms with Gasteiger partial charge >= 0.3 is 0 Å². The van der Waals surface area contributed by atoms with E-state index in [-0.39, 0.29) is 5.91 Å². The van der Waals surface area contributed by atoms with Crippen molar-refractivity contribution >= 4 is 54.2 Å². The van der Waals surface area contributed by atoms with Gasteiger partial charge in [0.15, 0.2) is 5.13 Å². The molecule has 1 aromatic heterocycles. The Balaban J connectivity index is 1.82. The van der Waals surface area contributed by atoms with Gasteiger partial charge in [0, 0.05) is 24.9 Å². The monoisotopic (exact) mass is 450 g/mol. The smallest absolute Gasteiger partial charge is 0.257 e. The highest BCUT2D eigenvalue weighted by Gasteiger charge is 2.13. The number of carbonyl (C=O) groups excluding carboxylic acids is 1. The summed E-state index contributed by atoms with van der Waals surface area (Å²) in [5.74, 6) is -0.159. The number of aryl methyl sites for hydroxylation is 1. The third kappa shape index (κ3) is 3.88. The summed E-state index contributed by atoms with van der Waals surface area (Å²) in [6.45, 7) is 2.00. The Morgan fingerprint density at radius 1 is 1.00 bits per heavy atom. The van der Waals surface area contributed by atoms with Crippen molar-refractivity contribution in [3.8, 4) is 11.3 Å². The molecule has 0 bridgehead atoms. The minimum atomic E-state index is -0.159. The molecule has 116 valence electrons. The Hall–Kier alpha value is -1.50. The second-order valence-electron chi connectivity index (χ2n) is 4.89. The minimum absolute atomic E-state index is 0.159. The lowest BCUT2D eigenvalue weighted by Gasteiger charge is -2.01. The molecule has 0 saturated carbocycles. The van der Waals surface area contributed by atoms with Crippen molar-refractivity contribution in [3.63, 3.8) is 0 Å². The van der Waals surface area contributed by atoms with Crippen LogP contribution in [0.5, 0.6) is 0 Å². The number of thiazole rings is 1. The molecule has 0 aliphatic heterocycles. The first-order valence-corrected chi connectivity index (χ1v) is 9.23. The van der Waals surface area contributed by atoms with Crippen LogP contribution >= 0.6 is 43.2 Å². The van der Waals surface area contributed by atoms with Gasteiger partial charge in [0.05, 0.1) is 5.69 Å². The summed E-state index contributed by atoms with van der Waals surface area (Å²) < 4.78 is 1.97. The Morgan fingerprint density at radius 2 is 1.57 bits per heavy atom. The molecule has 2 aromatic carbocycles. The highest BCUT2D eigenvalue weighted by Crippen LogP contribution is 2.31. The maximum Gasteiger partial charge on any atom is 0.257 e. The molecular formula is C17H12Br2N2OS. The van der Waals surface area contributed by atoms with E-state index < -0.39 is 0 Å². The summed E-state index contributed by atoms with van der Waals surface area (Å²) in [5.41, 5.74) is 2.53. The fourth-order valence-corrected chi connectivity index (χ4v) is 3.46.